The number of nitrogens with zero attached hydrogens (tertiary/aromatic N) is 3. The van der Waals surface area contributed by atoms with Gasteiger partial charge >= 0.3 is 0 Å². The third kappa shape index (κ3) is 6.83. The highest BCUT2D eigenvalue weighted by Gasteiger charge is 2.20. The van der Waals surface area contributed by atoms with E-state index in [-0.39, 0.29) is 30.5 Å². The average molecular weight is 550 g/mol. The summed E-state index contributed by atoms with van der Waals surface area (Å²) in [7, 11) is -3.43. The first-order valence-electron chi connectivity index (χ1n) is 9.46. The molecule has 0 aliphatic carbocycles. The molecule has 0 atom stereocenters. The normalized spacial score (nSPS) is 15.1. The van der Waals surface area contributed by atoms with Crippen molar-refractivity contribution in [3.05, 3.63) is 47.8 Å². The molecule has 0 radical (unpaired) electrons. The van der Waals surface area contributed by atoms with Gasteiger partial charge in [-0.3, -0.25) is 4.99 Å². The lowest BCUT2D eigenvalue weighted by molar-refractivity contribution is 0.372. The van der Waals surface area contributed by atoms with Gasteiger partial charge in [-0.05, 0) is 30.5 Å². The number of halogens is 1. The molecule has 160 valence electrons. The first kappa shape index (κ1) is 23.9. The van der Waals surface area contributed by atoms with Crippen molar-refractivity contribution in [1.82, 2.24) is 14.9 Å². The van der Waals surface area contributed by atoms with Gasteiger partial charge in [-0.1, -0.05) is 24.3 Å². The van der Waals surface area contributed by atoms with Crippen LogP contribution in [0.1, 0.15) is 6.92 Å². The highest BCUT2D eigenvalue weighted by Crippen LogP contribution is 2.16. The van der Waals surface area contributed by atoms with E-state index < -0.39 is 10.0 Å². The first-order chi connectivity index (χ1) is 13.6. The van der Waals surface area contributed by atoms with Crippen LogP contribution in [0, 0.1) is 0 Å². The summed E-state index contributed by atoms with van der Waals surface area (Å²) < 4.78 is 27.3. The van der Waals surface area contributed by atoms with E-state index in [1.54, 1.807) is 17.5 Å². The summed E-state index contributed by atoms with van der Waals surface area (Å²) >= 11 is 1.21. The average Bonchev–Trinajstić information content (AvgIpc) is 3.27. The lowest BCUT2D eigenvalue weighted by Crippen LogP contribution is -2.52. The van der Waals surface area contributed by atoms with Gasteiger partial charge in [0.25, 0.3) is 0 Å². The lowest BCUT2D eigenvalue weighted by Gasteiger charge is -2.37. The molecule has 29 heavy (non-hydrogen) atoms. The minimum absolute atomic E-state index is 0. The number of benzene rings is 1. The second-order valence-corrected chi connectivity index (χ2v) is 9.32. The summed E-state index contributed by atoms with van der Waals surface area (Å²) in [5, 5.41) is 5.07. The van der Waals surface area contributed by atoms with Gasteiger partial charge in [0, 0.05) is 45.0 Å². The molecule has 0 saturated carbocycles. The fourth-order valence-corrected chi connectivity index (χ4v) is 5.13. The number of nitrogens with one attached hydrogen (secondary N) is 2. The predicted molar refractivity (Wildman–Crippen MR) is 131 cm³/mol. The molecule has 2 N–H and O–H groups in total. The maximum Gasteiger partial charge on any atom is 0.250 e. The van der Waals surface area contributed by atoms with Crippen LogP contribution < -0.4 is 14.9 Å². The van der Waals surface area contributed by atoms with E-state index in [0.29, 0.717) is 10.8 Å². The summed E-state index contributed by atoms with van der Waals surface area (Å²) in [6, 6.07) is 13.8. The molecule has 0 unspecified atom stereocenters. The topological polar surface area (TPSA) is 77.0 Å². The number of hydrogen-bond donors (Lipinski definition) is 2. The zero-order valence-corrected chi connectivity index (χ0v) is 20.4. The molecule has 0 amide bonds. The van der Waals surface area contributed by atoms with E-state index >= 15 is 0 Å². The maximum atomic E-state index is 12.2. The van der Waals surface area contributed by atoms with Crippen LogP contribution in [0.2, 0.25) is 0 Å². The van der Waals surface area contributed by atoms with E-state index in [1.807, 2.05) is 13.0 Å². The number of aliphatic imine (C=N–C) groups is 1. The SMILES string of the molecule is CCNC(=NCCNS(=O)(=O)c1cccs1)N1CCN(c2ccccc2)CC1.I. The fraction of sp³-hybridized carbons (Fsp3) is 0.421. The van der Waals surface area contributed by atoms with E-state index in [2.05, 4.69) is 49.1 Å². The van der Waals surface area contributed by atoms with Gasteiger partial charge in [-0.2, -0.15) is 0 Å². The monoisotopic (exact) mass is 549 g/mol. The molecule has 1 fully saturated rings. The molecular weight excluding hydrogens is 521 g/mol. The number of rotatable bonds is 7. The predicted octanol–water partition coefficient (Wildman–Crippen LogP) is 2.43. The minimum Gasteiger partial charge on any atom is -0.368 e. The van der Waals surface area contributed by atoms with E-state index in [1.165, 1.54) is 17.0 Å². The number of anilines is 1. The fourth-order valence-electron chi connectivity index (χ4n) is 3.07. The summed E-state index contributed by atoms with van der Waals surface area (Å²) in [4.78, 5) is 9.21. The van der Waals surface area contributed by atoms with Crippen LogP contribution in [0.15, 0.2) is 57.0 Å². The summed E-state index contributed by atoms with van der Waals surface area (Å²) in [6.45, 7) is 7.10. The van der Waals surface area contributed by atoms with Gasteiger partial charge in [0.05, 0.1) is 6.54 Å². The Hall–Kier alpha value is -1.37. The van der Waals surface area contributed by atoms with Crippen molar-refractivity contribution in [3.8, 4) is 0 Å². The van der Waals surface area contributed by atoms with Gasteiger partial charge in [0.15, 0.2) is 5.96 Å². The molecule has 1 aliphatic heterocycles. The number of hydrogen-bond acceptors (Lipinski definition) is 5. The van der Waals surface area contributed by atoms with Crippen LogP contribution in [0.5, 0.6) is 0 Å². The smallest absolute Gasteiger partial charge is 0.250 e. The Balaban J connectivity index is 0.00000300. The zero-order chi connectivity index (χ0) is 19.8. The van der Waals surface area contributed by atoms with Crippen molar-refractivity contribution in [3.63, 3.8) is 0 Å². The largest absolute Gasteiger partial charge is 0.368 e. The van der Waals surface area contributed by atoms with Crippen LogP contribution in [0.3, 0.4) is 0 Å². The third-order valence-electron chi connectivity index (χ3n) is 4.46. The third-order valence-corrected chi connectivity index (χ3v) is 7.32. The lowest BCUT2D eigenvalue weighted by atomic mass is 10.2. The Morgan fingerprint density at radius 3 is 2.45 bits per heavy atom. The first-order valence-corrected chi connectivity index (χ1v) is 11.8. The highest BCUT2D eigenvalue weighted by molar-refractivity contribution is 14.0. The minimum atomic E-state index is -3.43. The Morgan fingerprint density at radius 1 is 1.10 bits per heavy atom. The molecule has 2 aromatic rings. The Labute approximate surface area is 194 Å². The summed E-state index contributed by atoms with van der Waals surface area (Å²) in [6.07, 6.45) is 0. The van der Waals surface area contributed by atoms with Gasteiger partial charge in [0.1, 0.15) is 4.21 Å². The standard InChI is InChI=1S/C19H27N5O2S2.HI/c1-2-20-19(21-10-11-22-28(25,26)18-9-6-16-27-18)24-14-12-23(13-15-24)17-7-4-3-5-8-17;/h3-9,16,22H,2,10-15H2,1H3,(H,20,21);1H. The van der Waals surface area contributed by atoms with Gasteiger partial charge < -0.3 is 15.1 Å². The van der Waals surface area contributed by atoms with E-state index in [0.717, 1.165) is 38.7 Å². The van der Waals surface area contributed by atoms with Crippen LogP contribution >= 0.6 is 35.3 Å². The van der Waals surface area contributed by atoms with Crippen LogP contribution in [0.25, 0.3) is 0 Å². The molecule has 10 heteroatoms. The van der Waals surface area contributed by atoms with Crippen LogP contribution in [-0.4, -0.2) is 65.1 Å². The molecule has 0 bridgehead atoms. The zero-order valence-electron chi connectivity index (χ0n) is 16.5. The number of para-hydroxylation sites is 1. The quantitative estimate of drug-likeness (QED) is 0.240. The number of piperazine rings is 1. The van der Waals surface area contributed by atoms with Crippen LogP contribution in [-0.2, 0) is 10.0 Å². The van der Waals surface area contributed by atoms with Crippen molar-refractivity contribution in [2.24, 2.45) is 4.99 Å². The highest BCUT2D eigenvalue weighted by atomic mass is 127. The summed E-state index contributed by atoms with van der Waals surface area (Å²) in [5.41, 5.74) is 1.24. The molecule has 0 spiro atoms. The number of sulfonamides is 1. The Morgan fingerprint density at radius 2 is 1.83 bits per heavy atom. The molecule has 3 rings (SSSR count). The molecular formula is C19H28IN5O2S2. The van der Waals surface area contributed by atoms with Crippen molar-refractivity contribution in [2.75, 3.05) is 50.7 Å². The Bertz CT molecular complexity index is 852. The van der Waals surface area contributed by atoms with Crippen molar-refractivity contribution < 1.29 is 8.42 Å². The van der Waals surface area contributed by atoms with Gasteiger partial charge in [-0.25, -0.2) is 13.1 Å². The summed E-state index contributed by atoms with van der Waals surface area (Å²) in [5.74, 6) is 0.838. The molecule has 1 aliphatic rings. The molecule has 7 nitrogen and oxygen atoms in total. The molecule has 1 saturated heterocycles. The van der Waals surface area contributed by atoms with Crippen molar-refractivity contribution >= 4 is 57.0 Å². The molecule has 1 aromatic heterocycles. The van der Waals surface area contributed by atoms with Gasteiger partial charge in [0.2, 0.25) is 10.0 Å². The second kappa shape index (κ2) is 11.7. The number of thiophene rings is 1. The molecule has 1 aromatic carbocycles. The maximum absolute atomic E-state index is 12.2. The molecule has 2 heterocycles. The van der Waals surface area contributed by atoms with E-state index in [4.69, 9.17) is 0 Å². The van der Waals surface area contributed by atoms with Crippen LogP contribution in [0.4, 0.5) is 5.69 Å². The van der Waals surface area contributed by atoms with Crippen molar-refractivity contribution in [2.45, 2.75) is 11.1 Å². The Kier molecular flexibility index (Phi) is 9.66. The second-order valence-electron chi connectivity index (χ2n) is 6.38. The van der Waals surface area contributed by atoms with Crippen molar-refractivity contribution in [1.29, 1.82) is 0 Å². The number of guanidine groups is 1. The van der Waals surface area contributed by atoms with Gasteiger partial charge in [-0.15, -0.1) is 35.3 Å². The van der Waals surface area contributed by atoms with E-state index in [9.17, 15) is 8.42 Å².